The van der Waals surface area contributed by atoms with Crippen molar-refractivity contribution in [3.63, 3.8) is 0 Å². The van der Waals surface area contributed by atoms with Crippen LogP contribution in [-0.4, -0.2) is 34.4 Å². The molecule has 0 aliphatic carbocycles. The third kappa shape index (κ3) is 5.21. The standard InChI is InChI=1S/C17H16N2O6S4/c1-12(20)25-8-7-13-10-27-17(18-13)19-29(23,24)16-9-15(11-26-16)28(21,22)14-5-3-2-4-6-14/h2-6,9-11H,7-8H2,1H3,(H,18,19). The van der Waals surface area contributed by atoms with Gasteiger partial charge in [-0.3, -0.25) is 9.52 Å². The Kier molecular flexibility index (Phi) is 6.36. The summed E-state index contributed by atoms with van der Waals surface area (Å²) in [6.07, 6.45) is 0.357. The molecule has 1 N–H and O–H groups in total. The molecule has 1 aromatic carbocycles. The highest BCUT2D eigenvalue weighted by atomic mass is 32.2. The number of anilines is 1. The maximum atomic E-state index is 12.6. The number of sulfone groups is 1. The molecule has 0 saturated heterocycles. The van der Waals surface area contributed by atoms with E-state index in [1.165, 1.54) is 24.4 Å². The normalized spacial score (nSPS) is 11.9. The number of rotatable bonds is 8. The van der Waals surface area contributed by atoms with E-state index in [0.29, 0.717) is 12.1 Å². The summed E-state index contributed by atoms with van der Waals surface area (Å²) < 4.78 is 57.5. The highest BCUT2D eigenvalue weighted by Gasteiger charge is 2.24. The van der Waals surface area contributed by atoms with E-state index in [1.807, 2.05) is 0 Å². The maximum absolute atomic E-state index is 12.6. The third-order valence-electron chi connectivity index (χ3n) is 3.62. The van der Waals surface area contributed by atoms with Crippen molar-refractivity contribution in [3.8, 4) is 0 Å². The van der Waals surface area contributed by atoms with Crippen molar-refractivity contribution in [2.24, 2.45) is 0 Å². The van der Waals surface area contributed by atoms with Gasteiger partial charge in [0, 0.05) is 24.1 Å². The molecule has 8 nitrogen and oxygen atoms in total. The predicted octanol–water partition coefficient (Wildman–Crippen LogP) is 2.94. The summed E-state index contributed by atoms with van der Waals surface area (Å²) in [5.41, 5.74) is 0.576. The molecule has 0 unspecified atom stereocenters. The molecule has 3 aromatic rings. The topological polar surface area (TPSA) is 119 Å². The van der Waals surface area contributed by atoms with Gasteiger partial charge in [-0.1, -0.05) is 18.2 Å². The van der Waals surface area contributed by atoms with Crippen LogP contribution < -0.4 is 4.72 Å². The molecular weight excluding hydrogens is 456 g/mol. The van der Waals surface area contributed by atoms with Crippen LogP contribution >= 0.6 is 22.7 Å². The van der Waals surface area contributed by atoms with Crippen molar-refractivity contribution in [2.45, 2.75) is 27.3 Å². The van der Waals surface area contributed by atoms with Crippen molar-refractivity contribution in [3.05, 3.63) is 52.9 Å². The van der Waals surface area contributed by atoms with Crippen molar-refractivity contribution in [1.82, 2.24) is 4.98 Å². The van der Waals surface area contributed by atoms with Gasteiger partial charge < -0.3 is 4.74 Å². The van der Waals surface area contributed by atoms with Crippen molar-refractivity contribution >= 4 is 53.6 Å². The smallest absolute Gasteiger partial charge is 0.302 e. The van der Waals surface area contributed by atoms with Gasteiger partial charge in [0.2, 0.25) is 9.84 Å². The third-order valence-corrected chi connectivity index (χ3v) is 9.23. The van der Waals surface area contributed by atoms with Gasteiger partial charge in [0.1, 0.15) is 4.21 Å². The monoisotopic (exact) mass is 472 g/mol. The van der Waals surface area contributed by atoms with E-state index in [1.54, 1.807) is 23.6 Å². The van der Waals surface area contributed by atoms with Crippen LogP contribution in [-0.2, 0) is 35.8 Å². The van der Waals surface area contributed by atoms with Gasteiger partial charge in [-0.05, 0) is 18.2 Å². The highest BCUT2D eigenvalue weighted by Crippen LogP contribution is 2.30. The number of hydrogen-bond acceptors (Lipinski definition) is 9. The molecule has 0 spiro atoms. The highest BCUT2D eigenvalue weighted by molar-refractivity contribution is 7.95. The number of nitrogens with zero attached hydrogens (tertiary/aromatic N) is 1. The molecular formula is C17H16N2O6S4. The molecule has 0 radical (unpaired) electrons. The summed E-state index contributed by atoms with van der Waals surface area (Å²) in [6, 6.07) is 8.92. The molecule has 154 valence electrons. The lowest BCUT2D eigenvalue weighted by Gasteiger charge is -2.03. The first-order chi connectivity index (χ1) is 13.7. The molecule has 0 aliphatic rings. The Balaban J connectivity index is 1.74. The summed E-state index contributed by atoms with van der Waals surface area (Å²) in [4.78, 5) is 14.9. The van der Waals surface area contributed by atoms with E-state index < -0.39 is 25.8 Å². The maximum Gasteiger partial charge on any atom is 0.302 e. The van der Waals surface area contributed by atoms with E-state index in [0.717, 1.165) is 28.7 Å². The van der Waals surface area contributed by atoms with E-state index in [-0.39, 0.29) is 25.7 Å². The Labute approximate surface area is 176 Å². The number of thiophene rings is 1. The number of benzene rings is 1. The number of carbonyl (C=O) groups is 1. The van der Waals surface area contributed by atoms with Crippen LogP contribution in [0, 0.1) is 0 Å². The molecule has 0 bridgehead atoms. The number of sulfonamides is 1. The largest absolute Gasteiger partial charge is 0.465 e. The lowest BCUT2D eigenvalue weighted by Crippen LogP contribution is -2.11. The second-order valence-electron chi connectivity index (χ2n) is 5.76. The van der Waals surface area contributed by atoms with Gasteiger partial charge >= 0.3 is 5.97 Å². The van der Waals surface area contributed by atoms with Crippen molar-refractivity contribution < 1.29 is 26.4 Å². The second kappa shape index (κ2) is 8.61. The minimum atomic E-state index is -3.99. The van der Waals surface area contributed by atoms with Crippen LogP contribution in [0.4, 0.5) is 5.13 Å². The molecule has 0 atom stereocenters. The van der Waals surface area contributed by atoms with Crippen LogP contribution in [0.1, 0.15) is 12.6 Å². The van der Waals surface area contributed by atoms with Gasteiger partial charge in [-0.2, -0.15) is 0 Å². The molecule has 3 rings (SSSR count). The Hall–Kier alpha value is -2.28. The lowest BCUT2D eigenvalue weighted by molar-refractivity contribution is -0.140. The number of esters is 1. The Morgan fingerprint density at radius 2 is 1.79 bits per heavy atom. The number of aromatic nitrogens is 1. The Morgan fingerprint density at radius 1 is 1.07 bits per heavy atom. The Morgan fingerprint density at radius 3 is 2.48 bits per heavy atom. The first kappa shape index (κ1) is 21.4. The molecule has 29 heavy (non-hydrogen) atoms. The molecule has 2 heterocycles. The number of carbonyl (C=O) groups excluding carboxylic acids is 1. The van der Waals surface area contributed by atoms with E-state index >= 15 is 0 Å². The quantitative estimate of drug-likeness (QED) is 0.501. The zero-order valence-electron chi connectivity index (χ0n) is 15.1. The van der Waals surface area contributed by atoms with E-state index in [2.05, 4.69) is 9.71 Å². The Bertz CT molecular complexity index is 1210. The van der Waals surface area contributed by atoms with Gasteiger partial charge in [0.15, 0.2) is 5.13 Å². The minimum Gasteiger partial charge on any atom is -0.465 e. The summed E-state index contributed by atoms with van der Waals surface area (Å²) in [7, 11) is -7.79. The first-order valence-corrected chi connectivity index (χ1v) is 12.9. The molecule has 12 heteroatoms. The molecule has 2 aromatic heterocycles. The average Bonchev–Trinajstić information content (AvgIpc) is 3.32. The fraction of sp³-hybridized carbons (Fsp3) is 0.176. The van der Waals surface area contributed by atoms with E-state index in [9.17, 15) is 21.6 Å². The van der Waals surface area contributed by atoms with Gasteiger partial charge in [-0.15, -0.1) is 22.7 Å². The number of thiazole rings is 1. The van der Waals surface area contributed by atoms with E-state index in [4.69, 9.17) is 4.74 Å². The van der Waals surface area contributed by atoms with Gasteiger partial charge in [0.05, 0.1) is 22.1 Å². The number of ether oxygens (including phenoxy) is 1. The number of hydrogen-bond donors (Lipinski definition) is 1. The van der Waals surface area contributed by atoms with Crippen LogP contribution in [0.3, 0.4) is 0 Å². The van der Waals surface area contributed by atoms with Crippen molar-refractivity contribution in [2.75, 3.05) is 11.3 Å². The van der Waals surface area contributed by atoms with Crippen molar-refractivity contribution in [1.29, 1.82) is 0 Å². The summed E-state index contributed by atoms with van der Waals surface area (Å²) in [5, 5.41) is 3.09. The number of nitrogens with one attached hydrogen (secondary N) is 1. The molecule has 0 fully saturated rings. The second-order valence-corrected chi connectivity index (χ2v) is 11.4. The summed E-state index contributed by atoms with van der Waals surface area (Å²) >= 11 is 1.89. The lowest BCUT2D eigenvalue weighted by atomic mass is 10.4. The fourth-order valence-corrected chi connectivity index (χ4v) is 7.15. The zero-order chi connectivity index (χ0) is 21.1. The predicted molar refractivity (Wildman–Crippen MR) is 109 cm³/mol. The van der Waals surface area contributed by atoms with Crippen LogP contribution in [0.5, 0.6) is 0 Å². The van der Waals surface area contributed by atoms with Crippen LogP contribution in [0.15, 0.2) is 61.2 Å². The summed E-state index contributed by atoms with van der Waals surface area (Å²) in [5.74, 6) is -0.403. The fourth-order valence-electron chi connectivity index (χ4n) is 2.25. The van der Waals surface area contributed by atoms with Crippen LogP contribution in [0.2, 0.25) is 0 Å². The minimum absolute atomic E-state index is 0.0877. The molecule has 0 saturated carbocycles. The van der Waals surface area contributed by atoms with Crippen LogP contribution in [0.25, 0.3) is 0 Å². The van der Waals surface area contributed by atoms with Gasteiger partial charge in [0.25, 0.3) is 10.0 Å². The SMILES string of the molecule is CC(=O)OCCc1csc(NS(=O)(=O)c2cc(S(=O)(=O)c3ccccc3)cs2)n1. The average molecular weight is 473 g/mol. The molecule has 0 amide bonds. The first-order valence-electron chi connectivity index (χ1n) is 8.18. The summed E-state index contributed by atoms with van der Waals surface area (Å²) in [6.45, 7) is 1.45. The van der Waals surface area contributed by atoms with Gasteiger partial charge in [-0.25, -0.2) is 21.8 Å². The zero-order valence-corrected chi connectivity index (χ0v) is 18.3. The molecule has 0 aliphatic heterocycles.